The van der Waals surface area contributed by atoms with Crippen LogP contribution in [0.25, 0.3) is 0 Å². The van der Waals surface area contributed by atoms with Gasteiger partial charge in [0.2, 0.25) is 0 Å². The van der Waals surface area contributed by atoms with Crippen LogP contribution in [0.1, 0.15) is 26.3 Å². The number of hydrogen-bond acceptors (Lipinski definition) is 3. The van der Waals surface area contributed by atoms with Gasteiger partial charge in [0.15, 0.2) is 0 Å². The summed E-state index contributed by atoms with van der Waals surface area (Å²) >= 11 is 3.46. The maximum absolute atomic E-state index is 9.65. The maximum Gasteiger partial charge on any atom is 0.0736 e. The Labute approximate surface area is 105 Å². The molecule has 0 amide bonds. The van der Waals surface area contributed by atoms with Crippen molar-refractivity contribution in [3.63, 3.8) is 0 Å². The Kier molecular flexibility index (Phi) is 3.86. The summed E-state index contributed by atoms with van der Waals surface area (Å²) in [6.45, 7) is 7.64. The summed E-state index contributed by atoms with van der Waals surface area (Å²) in [4.78, 5) is 0. The van der Waals surface area contributed by atoms with Crippen molar-refractivity contribution in [3.05, 3.63) is 22.2 Å². The SMILES string of the molecule is Cc1cc(NC(C)(C)C(C)O)c(Br)cc1N. The molecule has 0 saturated heterocycles. The van der Waals surface area contributed by atoms with Crippen LogP contribution >= 0.6 is 15.9 Å². The van der Waals surface area contributed by atoms with E-state index >= 15 is 0 Å². The minimum atomic E-state index is -0.447. The van der Waals surface area contributed by atoms with Crippen molar-refractivity contribution in [1.82, 2.24) is 0 Å². The summed E-state index contributed by atoms with van der Waals surface area (Å²) in [6.07, 6.45) is -0.447. The quantitative estimate of drug-likeness (QED) is 0.749. The van der Waals surface area contributed by atoms with Crippen LogP contribution in [-0.4, -0.2) is 16.7 Å². The van der Waals surface area contributed by atoms with Crippen LogP contribution in [-0.2, 0) is 0 Å². The first-order valence-corrected chi connectivity index (χ1v) is 6.05. The molecule has 16 heavy (non-hydrogen) atoms. The minimum Gasteiger partial charge on any atom is -0.398 e. The van der Waals surface area contributed by atoms with Gasteiger partial charge in [-0.25, -0.2) is 0 Å². The molecule has 0 aliphatic heterocycles. The van der Waals surface area contributed by atoms with Crippen LogP contribution in [0.4, 0.5) is 11.4 Å². The smallest absolute Gasteiger partial charge is 0.0736 e. The fourth-order valence-electron chi connectivity index (χ4n) is 1.24. The predicted octanol–water partition coefficient (Wildman–Crippen LogP) is 2.91. The molecule has 0 bridgehead atoms. The summed E-state index contributed by atoms with van der Waals surface area (Å²) in [5, 5.41) is 13.0. The molecule has 0 aliphatic rings. The lowest BCUT2D eigenvalue weighted by Crippen LogP contribution is -2.42. The van der Waals surface area contributed by atoms with E-state index in [1.54, 1.807) is 6.92 Å². The van der Waals surface area contributed by atoms with Gasteiger partial charge in [-0.2, -0.15) is 0 Å². The van der Waals surface area contributed by atoms with Crippen molar-refractivity contribution < 1.29 is 5.11 Å². The van der Waals surface area contributed by atoms with Gasteiger partial charge in [-0.05, 0) is 61.3 Å². The molecule has 1 atom stereocenters. The Hall–Kier alpha value is -0.740. The second kappa shape index (κ2) is 4.63. The predicted molar refractivity (Wildman–Crippen MR) is 72.7 cm³/mol. The lowest BCUT2D eigenvalue weighted by atomic mass is 9.98. The standard InChI is InChI=1S/C12H19BrN2O/c1-7-5-11(9(13)6-10(7)14)15-12(3,4)8(2)16/h5-6,8,15-16H,14H2,1-4H3. The lowest BCUT2D eigenvalue weighted by molar-refractivity contribution is 0.133. The van der Waals surface area contributed by atoms with Crippen LogP contribution < -0.4 is 11.1 Å². The number of benzene rings is 1. The number of hydrogen-bond donors (Lipinski definition) is 3. The normalized spacial score (nSPS) is 13.6. The number of nitrogen functional groups attached to an aromatic ring is 1. The van der Waals surface area contributed by atoms with Crippen molar-refractivity contribution in [2.24, 2.45) is 0 Å². The lowest BCUT2D eigenvalue weighted by Gasteiger charge is -2.31. The topological polar surface area (TPSA) is 58.3 Å². The highest BCUT2D eigenvalue weighted by atomic mass is 79.9. The molecule has 1 aromatic rings. The van der Waals surface area contributed by atoms with Crippen molar-refractivity contribution in [2.45, 2.75) is 39.3 Å². The van der Waals surface area contributed by atoms with Gasteiger partial charge in [0.25, 0.3) is 0 Å². The molecule has 90 valence electrons. The van der Waals surface area contributed by atoms with Crippen molar-refractivity contribution in [1.29, 1.82) is 0 Å². The molecular weight excluding hydrogens is 268 g/mol. The number of aliphatic hydroxyl groups is 1. The van der Waals surface area contributed by atoms with E-state index in [-0.39, 0.29) is 5.54 Å². The zero-order valence-corrected chi connectivity index (χ0v) is 11.7. The second-order valence-corrected chi connectivity index (χ2v) is 5.57. The van der Waals surface area contributed by atoms with Gasteiger partial charge in [0.1, 0.15) is 0 Å². The Morgan fingerprint density at radius 2 is 2.00 bits per heavy atom. The monoisotopic (exact) mass is 286 g/mol. The summed E-state index contributed by atoms with van der Waals surface area (Å²) < 4.78 is 0.907. The highest BCUT2D eigenvalue weighted by molar-refractivity contribution is 9.10. The molecule has 0 fully saturated rings. The Bertz CT molecular complexity index is 389. The van der Waals surface area contributed by atoms with Crippen LogP contribution in [0, 0.1) is 6.92 Å². The van der Waals surface area contributed by atoms with Crippen LogP contribution in [0.5, 0.6) is 0 Å². The molecule has 3 nitrogen and oxygen atoms in total. The number of anilines is 2. The van der Waals surface area contributed by atoms with Gasteiger partial charge >= 0.3 is 0 Å². The molecule has 0 spiro atoms. The van der Waals surface area contributed by atoms with E-state index < -0.39 is 6.10 Å². The van der Waals surface area contributed by atoms with E-state index in [1.165, 1.54) is 0 Å². The van der Waals surface area contributed by atoms with Gasteiger partial charge in [0, 0.05) is 15.8 Å². The number of nitrogens with two attached hydrogens (primary N) is 1. The zero-order valence-electron chi connectivity index (χ0n) is 10.1. The highest BCUT2D eigenvalue weighted by Crippen LogP contribution is 2.30. The third-order valence-corrected chi connectivity index (χ3v) is 3.51. The summed E-state index contributed by atoms with van der Waals surface area (Å²) in [5.41, 5.74) is 8.14. The van der Waals surface area contributed by atoms with Gasteiger partial charge in [-0.15, -0.1) is 0 Å². The van der Waals surface area contributed by atoms with E-state index in [0.29, 0.717) is 0 Å². The maximum atomic E-state index is 9.65. The molecule has 0 aliphatic carbocycles. The van der Waals surface area contributed by atoms with Crippen LogP contribution in [0.2, 0.25) is 0 Å². The fraction of sp³-hybridized carbons (Fsp3) is 0.500. The van der Waals surface area contributed by atoms with E-state index in [2.05, 4.69) is 21.2 Å². The summed E-state index contributed by atoms with van der Waals surface area (Å²) in [7, 11) is 0. The molecule has 4 heteroatoms. The van der Waals surface area contributed by atoms with Crippen molar-refractivity contribution in [3.8, 4) is 0 Å². The third kappa shape index (κ3) is 2.89. The summed E-state index contributed by atoms with van der Waals surface area (Å²) in [6, 6.07) is 3.85. The van der Waals surface area contributed by atoms with Crippen LogP contribution in [0.3, 0.4) is 0 Å². The molecule has 0 heterocycles. The van der Waals surface area contributed by atoms with Gasteiger partial charge in [0.05, 0.1) is 11.6 Å². The Morgan fingerprint density at radius 1 is 1.44 bits per heavy atom. The molecule has 0 aromatic heterocycles. The average Bonchev–Trinajstić information content (AvgIpc) is 2.13. The van der Waals surface area contributed by atoms with Gasteiger partial charge < -0.3 is 16.2 Å². The van der Waals surface area contributed by atoms with E-state index in [4.69, 9.17) is 5.73 Å². The van der Waals surface area contributed by atoms with Crippen molar-refractivity contribution >= 4 is 27.3 Å². The minimum absolute atomic E-state index is 0.384. The number of aliphatic hydroxyl groups excluding tert-OH is 1. The third-order valence-electron chi connectivity index (χ3n) is 2.86. The second-order valence-electron chi connectivity index (χ2n) is 4.71. The fourth-order valence-corrected chi connectivity index (χ4v) is 1.70. The van der Waals surface area contributed by atoms with E-state index in [1.807, 2.05) is 32.9 Å². The summed E-state index contributed by atoms with van der Waals surface area (Å²) in [5.74, 6) is 0. The van der Waals surface area contributed by atoms with E-state index in [9.17, 15) is 5.11 Å². The Morgan fingerprint density at radius 3 is 2.50 bits per heavy atom. The van der Waals surface area contributed by atoms with E-state index in [0.717, 1.165) is 21.4 Å². The first-order chi connectivity index (χ1) is 7.24. The molecule has 1 aromatic carbocycles. The molecule has 4 N–H and O–H groups in total. The van der Waals surface area contributed by atoms with Gasteiger partial charge in [-0.1, -0.05) is 0 Å². The number of nitrogens with one attached hydrogen (secondary N) is 1. The van der Waals surface area contributed by atoms with Crippen LogP contribution in [0.15, 0.2) is 16.6 Å². The average molecular weight is 287 g/mol. The van der Waals surface area contributed by atoms with Gasteiger partial charge in [-0.3, -0.25) is 0 Å². The first-order valence-electron chi connectivity index (χ1n) is 5.26. The largest absolute Gasteiger partial charge is 0.398 e. The van der Waals surface area contributed by atoms with Crippen molar-refractivity contribution in [2.75, 3.05) is 11.1 Å². The number of aryl methyl sites for hydroxylation is 1. The Balaban J connectivity index is 3.02. The molecule has 1 unspecified atom stereocenters. The molecule has 0 saturated carbocycles. The highest BCUT2D eigenvalue weighted by Gasteiger charge is 2.24. The first kappa shape index (κ1) is 13.3. The molecule has 0 radical (unpaired) electrons. The molecule has 1 rings (SSSR count). The number of rotatable bonds is 3. The zero-order chi connectivity index (χ0) is 12.5. The number of halogens is 1. The molecular formula is C12H19BrN2O.